The Labute approximate surface area is 203 Å². The number of hydrogen-bond donors (Lipinski definition) is 1. The largest absolute Gasteiger partial charge is 0.352 e. The molecule has 5 heteroatoms. The summed E-state index contributed by atoms with van der Waals surface area (Å²) in [7, 11) is 0. The molecule has 2 aromatic rings. The lowest BCUT2D eigenvalue weighted by molar-refractivity contribution is -0.139. The highest BCUT2D eigenvalue weighted by molar-refractivity contribution is 7.99. The van der Waals surface area contributed by atoms with Crippen LogP contribution in [0, 0.1) is 20.8 Å². The van der Waals surface area contributed by atoms with Crippen LogP contribution in [-0.2, 0) is 21.9 Å². The quantitative estimate of drug-likeness (QED) is 0.515. The minimum atomic E-state index is -0.499. The Morgan fingerprint density at radius 1 is 1.03 bits per heavy atom. The predicted molar refractivity (Wildman–Crippen MR) is 138 cm³/mol. The first-order valence-corrected chi connectivity index (χ1v) is 13.3. The van der Waals surface area contributed by atoms with E-state index < -0.39 is 6.04 Å². The second kappa shape index (κ2) is 12.3. The van der Waals surface area contributed by atoms with Gasteiger partial charge >= 0.3 is 0 Å². The van der Waals surface area contributed by atoms with Crippen LogP contribution in [0.4, 0.5) is 0 Å². The zero-order valence-electron chi connectivity index (χ0n) is 20.5. The van der Waals surface area contributed by atoms with Crippen LogP contribution in [-0.4, -0.2) is 34.6 Å². The van der Waals surface area contributed by atoms with Gasteiger partial charge in [0.15, 0.2) is 0 Å². The molecule has 0 heterocycles. The molecule has 1 aliphatic rings. The van der Waals surface area contributed by atoms with Crippen LogP contribution in [0.2, 0.25) is 0 Å². The molecular weight excluding hydrogens is 428 g/mol. The summed E-state index contributed by atoms with van der Waals surface area (Å²) < 4.78 is 0. The van der Waals surface area contributed by atoms with E-state index in [1.54, 1.807) is 16.7 Å². The summed E-state index contributed by atoms with van der Waals surface area (Å²) >= 11 is 1.62. The van der Waals surface area contributed by atoms with Crippen molar-refractivity contribution in [1.82, 2.24) is 10.2 Å². The van der Waals surface area contributed by atoms with E-state index >= 15 is 0 Å². The molecule has 1 atom stereocenters. The van der Waals surface area contributed by atoms with Gasteiger partial charge in [0.2, 0.25) is 11.8 Å². The normalized spacial score (nSPS) is 15.2. The monoisotopic (exact) mass is 466 g/mol. The van der Waals surface area contributed by atoms with Crippen LogP contribution in [0.5, 0.6) is 0 Å². The van der Waals surface area contributed by atoms with Gasteiger partial charge in [-0.1, -0.05) is 72.9 Å². The highest BCUT2D eigenvalue weighted by atomic mass is 32.2. The molecular formula is C28H38N2O2S. The zero-order valence-corrected chi connectivity index (χ0v) is 21.3. The maximum atomic E-state index is 13.3. The van der Waals surface area contributed by atoms with Crippen LogP contribution < -0.4 is 5.32 Å². The number of benzene rings is 2. The Morgan fingerprint density at radius 3 is 2.36 bits per heavy atom. The lowest BCUT2D eigenvalue weighted by Crippen LogP contribution is -2.50. The fourth-order valence-electron chi connectivity index (χ4n) is 4.61. The Morgan fingerprint density at radius 2 is 1.70 bits per heavy atom. The third-order valence-electron chi connectivity index (χ3n) is 6.50. The van der Waals surface area contributed by atoms with E-state index in [1.807, 2.05) is 25.1 Å². The van der Waals surface area contributed by atoms with Crippen molar-refractivity contribution in [3.05, 3.63) is 70.3 Å². The van der Waals surface area contributed by atoms with Gasteiger partial charge in [-0.3, -0.25) is 9.59 Å². The molecule has 2 aromatic carbocycles. The van der Waals surface area contributed by atoms with E-state index in [-0.39, 0.29) is 17.9 Å². The molecule has 1 saturated carbocycles. The number of nitrogens with one attached hydrogen (secondary N) is 1. The first kappa shape index (κ1) is 25.4. The van der Waals surface area contributed by atoms with Gasteiger partial charge in [0, 0.05) is 18.3 Å². The van der Waals surface area contributed by atoms with Gasteiger partial charge < -0.3 is 10.2 Å². The van der Waals surface area contributed by atoms with E-state index in [1.165, 1.54) is 36.0 Å². The SMILES string of the molecule is Cc1cc(C)cc(CSCC(=O)N(Cc2ccccc2C)[C@@H](C)C(=O)NC2CCCCC2)c1. The third kappa shape index (κ3) is 7.63. The lowest BCUT2D eigenvalue weighted by atomic mass is 9.95. The molecule has 1 aliphatic carbocycles. The van der Waals surface area contributed by atoms with Crippen LogP contribution in [0.15, 0.2) is 42.5 Å². The number of amides is 2. The minimum Gasteiger partial charge on any atom is -0.352 e. The maximum Gasteiger partial charge on any atom is 0.242 e. The number of rotatable bonds is 9. The molecule has 0 bridgehead atoms. The molecule has 33 heavy (non-hydrogen) atoms. The standard InChI is InChI=1S/C28H38N2O2S/c1-20-14-21(2)16-24(15-20)18-33-19-27(31)30(17-25-11-9-8-10-22(25)3)23(4)28(32)29-26-12-6-5-7-13-26/h8-11,14-16,23,26H,5-7,12-13,17-19H2,1-4H3,(H,29,32)/t23-/m0/s1. The van der Waals surface area contributed by atoms with Crippen molar-refractivity contribution in [2.24, 2.45) is 0 Å². The molecule has 0 radical (unpaired) electrons. The maximum absolute atomic E-state index is 13.3. The Kier molecular flexibility index (Phi) is 9.42. The van der Waals surface area contributed by atoms with E-state index in [4.69, 9.17) is 0 Å². The van der Waals surface area contributed by atoms with Crippen LogP contribution in [0.25, 0.3) is 0 Å². The molecule has 0 aliphatic heterocycles. The van der Waals surface area contributed by atoms with E-state index in [2.05, 4.69) is 50.4 Å². The molecule has 0 spiro atoms. The number of carbonyl (C=O) groups excluding carboxylic acids is 2. The molecule has 3 rings (SSSR count). The van der Waals surface area contributed by atoms with Crippen LogP contribution >= 0.6 is 11.8 Å². The van der Waals surface area contributed by atoms with Gasteiger partial charge in [-0.25, -0.2) is 0 Å². The molecule has 1 N–H and O–H groups in total. The first-order chi connectivity index (χ1) is 15.8. The van der Waals surface area contributed by atoms with Gasteiger partial charge in [-0.2, -0.15) is 0 Å². The smallest absolute Gasteiger partial charge is 0.242 e. The molecule has 1 fully saturated rings. The Hall–Kier alpha value is -2.27. The summed E-state index contributed by atoms with van der Waals surface area (Å²) in [6.07, 6.45) is 5.66. The summed E-state index contributed by atoms with van der Waals surface area (Å²) in [5.74, 6) is 1.12. The number of carbonyl (C=O) groups is 2. The first-order valence-electron chi connectivity index (χ1n) is 12.1. The average molecular weight is 467 g/mol. The van der Waals surface area contributed by atoms with Gasteiger partial charge in [-0.05, 0) is 57.2 Å². The third-order valence-corrected chi connectivity index (χ3v) is 7.49. The Bertz CT molecular complexity index is 932. The summed E-state index contributed by atoms with van der Waals surface area (Å²) in [5, 5.41) is 3.21. The second-order valence-electron chi connectivity index (χ2n) is 9.46. The van der Waals surface area contributed by atoms with E-state index in [0.29, 0.717) is 12.3 Å². The topological polar surface area (TPSA) is 49.4 Å². The fraction of sp³-hybridized carbons (Fsp3) is 0.500. The van der Waals surface area contributed by atoms with Gasteiger partial charge in [-0.15, -0.1) is 11.8 Å². The van der Waals surface area contributed by atoms with Crippen molar-refractivity contribution in [3.8, 4) is 0 Å². The van der Waals surface area contributed by atoms with Gasteiger partial charge in [0.25, 0.3) is 0 Å². The number of hydrogen-bond acceptors (Lipinski definition) is 3. The van der Waals surface area contributed by atoms with Gasteiger partial charge in [0.1, 0.15) is 6.04 Å². The lowest BCUT2D eigenvalue weighted by Gasteiger charge is -2.31. The number of thioether (sulfide) groups is 1. The average Bonchev–Trinajstić information content (AvgIpc) is 2.78. The Balaban J connectivity index is 1.67. The van der Waals surface area contributed by atoms with Crippen molar-refractivity contribution < 1.29 is 9.59 Å². The number of nitrogens with zero attached hydrogens (tertiary/aromatic N) is 1. The molecule has 178 valence electrons. The van der Waals surface area contributed by atoms with E-state index in [9.17, 15) is 9.59 Å². The van der Waals surface area contributed by atoms with Gasteiger partial charge in [0.05, 0.1) is 5.75 Å². The minimum absolute atomic E-state index is 0.0129. The fourth-order valence-corrected chi connectivity index (χ4v) is 5.46. The van der Waals surface area contributed by atoms with E-state index in [0.717, 1.165) is 29.7 Å². The molecule has 0 saturated heterocycles. The number of aryl methyl sites for hydroxylation is 3. The second-order valence-corrected chi connectivity index (χ2v) is 10.4. The molecule has 0 unspecified atom stereocenters. The van der Waals surface area contributed by atoms with Crippen molar-refractivity contribution in [2.75, 3.05) is 5.75 Å². The van der Waals surface area contributed by atoms with Crippen molar-refractivity contribution in [2.45, 2.75) is 84.2 Å². The summed E-state index contributed by atoms with van der Waals surface area (Å²) in [5.41, 5.74) is 5.94. The molecule has 0 aromatic heterocycles. The highest BCUT2D eigenvalue weighted by Crippen LogP contribution is 2.21. The summed E-state index contributed by atoms with van der Waals surface area (Å²) in [6, 6.07) is 14.4. The summed E-state index contributed by atoms with van der Waals surface area (Å²) in [6.45, 7) is 8.57. The predicted octanol–water partition coefficient (Wildman–Crippen LogP) is 5.71. The molecule has 4 nitrogen and oxygen atoms in total. The van der Waals surface area contributed by atoms with Crippen molar-refractivity contribution in [3.63, 3.8) is 0 Å². The van der Waals surface area contributed by atoms with Crippen molar-refractivity contribution in [1.29, 1.82) is 0 Å². The van der Waals surface area contributed by atoms with Crippen molar-refractivity contribution >= 4 is 23.6 Å². The summed E-state index contributed by atoms with van der Waals surface area (Å²) in [4.78, 5) is 28.2. The zero-order chi connectivity index (χ0) is 23.8. The molecule has 2 amide bonds. The highest BCUT2D eigenvalue weighted by Gasteiger charge is 2.28. The van der Waals surface area contributed by atoms with Crippen LogP contribution in [0.3, 0.4) is 0 Å². The van der Waals surface area contributed by atoms with Crippen LogP contribution in [0.1, 0.15) is 66.8 Å².